The van der Waals surface area contributed by atoms with E-state index in [4.69, 9.17) is 0 Å². The predicted molar refractivity (Wildman–Crippen MR) is 229 cm³/mol. The lowest BCUT2D eigenvalue weighted by molar-refractivity contribution is 0.327. The number of hydrogen-bond donors (Lipinski definition) is 0. The number of nitrogens with zero attached hydrogens (tertiary/aromatic N) is 1. The van der Waals surface area contributed by atoms with Crippen LogP contribution in [-0.2, 0) is 10.8 Å². The van der Waals surface area contributed by atoms with Gasteiger partial charge in [0.1, 0.15) is 0 Å². The van der Waals surface area contributed by atoms with Crippen molar-refractivity contribution in [3.63, 3.8) is 0 Å². The second-order valence-electron chi connectivity index (χ2n) is 16.8. The van der Waals surface area contributed by atoms with Crippen molar-refractivity contribution in [3.8, 4) is 33.4 Å². The van der Waals surface area contributed by atoms with E-state index < -0.39 is 0 Å². The second-order valence-corrected chi connectivity index (χ2v) is 17.9. The number of para-hydroxylation sites is 1. The second kappa shape index (κ2) is 11.1. The predicted octanol–water partition coefficient (Wildman–Crippen LogP) is 14.6. The summed E-state index contributed by atoms with van der Waals surface area (Å²) in [6.07, 6.45) is 5.37. The van der Waals surface area contributed by atoms with Gasteiger partial charge < -0.3 is 4.90 Å². The van der Waals surface area contributed by atoms with Crippen LogP contribution in [0, 0.1) is 11.8 Å². The summed E-state index contributed by atoms with van der Waals surface area (Å²) in [4.78, 5) is 2.62. The first-order valence-electron chi connectivity index (χ1n) is 19.8. The fourth-order valence-corrected chi connectivity index (χ4v) is 13.0. The molecule has 2 saturated carbocycles. The van der Waals surface area contributed by atoms with Crippen LogP contribution in [0.4, 0.5) is 17.1 Å². The average Bonchev–Trinajstić information content (AvgIpc) is 4.03. The van der Waals surface area contributed by atoms with Gasteiger partial charge in [-0.05, 0) is 118 Å². The Morgan fingerprint density at radius 2 is 1.17 bits per heavy atom. The van der Waals surface area contributed by atoms with Crippen molar-refractivity contribution in [2.24, 2.45) is 11.8 Å². The highest BCUT2D eigenvalue weighted by molar-refractivity contribution is 7.26. The molecule has 54 heavy (non-hydrogen) atoms. The van der Waals surface area contributed by atoms with Gasteiger partial charge in [0, 0.05) is 42.3 Å². The normalized spacial score (nSPS) is 21.1. The molecule has 1 nitrogen and oxygen atoms in total. The molecule has 3 unspecified atom stereocenters. The number of thiophene rings is 1. The van der Waals surface area contributed by atoms with E-state index in [9.17, 15) is 0 Å². The van der Waals surface area contributed by atoms with Crippen LogP contribution in [0.3, 0.4) is 0 Å². The van der Waals surface area contributed by atoms with E-state index in [-0.39, 0.29) is 10.8 Å². The maximum Gasteiger partial charge on any atom is 0.0555 e. The molecule has 260 valence electrons. The summed E-state index contributed by atoms with van der Waals surface area (Å²) >= 11 is 1.90. The van der Waals surface area contributed by atoms with Crippen molar-refractivity contribution in [2.75, 3.05) is 4.90 Å². The quantitative estimate of drug-likeness (QED) is 0.176. The van der Waals surface area contributed by atoms with Gasteiger partial charge in [-0.1, -0.05) is 136 Å². The van der Waals surface area contributed by atoms with Crippen molar-refractivity contribution in [2.45, 2.75) is 50.4 Å². The highest BCUT2D eigenvalue weighted by atomic mass is 32.1. The summed E-state index contributed by atoms with van der Waals surface area (Å²) in [5, 5.41) is 2.66. The lowest BCUT2D eigenvalue weighted by atomic mass is 9.67. The standard InChI is InChI=1S/C52H41NS/c1-51(2)42-19-7-3-14-36(42)39-17-11-18-40(50(39)51)38-15-5-9-21-45(38)53(46-22-12-24-48-49(46)41-16-6-10-23-47(41)54-48)34-27-28-37-35-13-4-8-20-43(35)52(44(37)30-34)31-32-25-26-33(52)29-32/h3-24,27-28,30,32-33H,25-26,29,31H2,1-2H3. The minimum Gasteiger partial charge on any atom is -0.309 e. The first kappa shape index (κ1) is 31.0. The Kier molecular flexibility index (Phi) is 6.34. The van der Waals surface area contributed by atoms with Crippen LogP contribution in [0.5, 0.6) is 0 Å². The maximum absolute atomic E-state index is 2.62. The smallest absolute Gasteiger partial charge is 0.0555 e. The van der Waals surface area contributed by atoms with Crippen LogP contribution in [0.25, 0.3) is 53.6 Å². The van der Waals surface area contributed by atoms with Crippen molar-refractivity contribution < 1.29 is 0 Å². The van der Waals surface area contributed by atoms with Crippen LogP contribution < -0.4 is 4.90 Å². The molecule has 2 heteroatoms. The summed E-state index contributed by atoms with van der Waals surface area (Å²) in [5.41, 5.74) is 17.8. The Morgan fingerprint density at radius 1 is 0.537 bits per heavy atom. The molecule has 12 rings (SSSR count). The molecule has 8 aromatic rings. The molecule has 1 aromatic heterocycles. The first-order valence-corrected chi connectivity index (χ1v) is 20.6. The van der Waals surface area contributed by atoms with E-state index in [0.29, 0.717) is 5.92 Å². The van der Waals surface area contributed by atoms with E-state index in [0.717, 1.165) is 5.92 Å². The van der Waals surface area contributed by atoms with Gasteiger partial charge >= 0.3 is 0 Å². The van der Waals surface area contributed by atoms with Crippen LogP contribution in [0.15, 0.2) is 152 Å². The van der Waals surface area contributed by atoms with Gasteiger partial charge in [-0.25, -0.2) is 0 Å². The molecular formula is C52H41NS. The Balaban J connectivity index is 1.14. The lowest BCUT2D eigenvalue weighted by Gasteiger charge is -2.37. The number of fused-ring (bicyclic) bond motifs is 14. The Morgan fingerprint density at radius 3 is 1.98 bits per heavy atom. The van der Waals surface area contributed by atoms with E-state index in [1.165, 1.54) is 107 Å². The third kappa shape index (κ3) is 3.99. The largest absolute Gasteiger partial charge is 0.309 e. The van der Waals surface area contributed by atoms with Gasteiger partial charge in [0.25, 0.3) is 0 Å². The molecular weight excluding hydrogens is 671 g/mol. The van der Waals surface area contributed by atoms with E-state index in [1.54, 1.807) is 11.1 Å². The molecule has 4 aliphatic carbocycles. The molecule has 0 N–H and O–H groups in total. The molecule has 1 heterocycles. The molecule has 0 saturated heterocycles. The topological polar surface area (TPSA) is 3.24 Å². The minimum atomic E-state index is -0.127. The SMILES string of the molecule is CC1(C)c2ccccc2-c2cccc(-c3ccccc3N(c3ccc4c(c3)C3(CC5CCC3C5)c3ccccc3-4)c3cccc4sc5ccccc5c34)c21. The van der Waals surface area contributed by atoms with Crippen LogP contribution in [0.2, 0.25) is 0 Å². The molecule has 3 atom stereocenters. The summed E-state index contributed by atoms with van der Waals surface area (Å²) in [7, 11) is 0. The summed E-state index contributed by atoms with van der Waals surface area (Å²) < 4.78 is 2.66. The van der Waals surface area contributed by atoms with Crippen molar-refractivity contribution in [3.05, 3.63) is 174 Å². The monoisotopic (exact) mass is 711 g/mol. The molecule has 2 bridgehead atoms. The zero-order chi connectivity index (χ0) is 35.8. The molecule has 4 aliphatic rings. The van der Waals surface area contributed by atoms with Crippen molar-refractivity contribution in [1.82, 2.24) is 0 Å². The Labute approximate surface area is 321 Å². The fourth-order valence-electron chi connectivity index (χ4n) is 11.8. The van der Waals surface area contributed by atoms with E-state index in [2.05, 4.69) is 170 Å². The molecule has 0 aliphatic heterocycles. The summed E-state index contributed by atoms with van der Waals surface area (Å²) in [6.45, 7) is 4.82. The molecule has 7 aromatic carbocycles. The van der Waals surface area contributed by atoms with Gasteiger partial charge in [0.2, 0.25) is 0 Å². The van der Waals surface area contributed by atoms with Crippen LogP contribution in [-0.4, -0.2) is 0 Å². The van der Waals surface area contributed by atoms with Gasteiger partial charge in [-0.15, -0.1) is 11.3 Å². The Bertz CT molecular complexity index is 2860. The molecule has 2 fully saturated rings. The summed E-state index contributed by atoms with van der Waals surface area (Å²) in [6, 6.07) is 58.0. The molecule has 1 spiro atoms. The minimum absolute atomic E-state index is 0.104. The number of anilines is 3. The van der Waals surface area contributed by atoms with Gasteiger partial charge in [0.05, 0.1) is 11.4 Å². The van der Waals surface area contributed by atoms with Gasteiger partial charge in [-0.2, -0.15) is 0 Å². The fraction of sp³-hybridized carbons (Fsp3) is 0.192. The maximum atomic E-state index is 2.62. The highest BCUT2D eigenvalue weighted by Gasteiger charge is 2.56. The van der Waals surface area contributed by atoms with Crippen LogP contribution in [0.1, 0.15) is 61.8 Å². The van der Waals surface area contributed by atoms with Crippen molar-refractivity contribution in [1.29, 1.82) is 0 Å². The Hall–Kier alpha value is -5.44. The highest BCUT2D eigenvalue weighted by Crippen LogP contribution is 2.66. The zero-order valence-corrected chi connectivity index (χ0v) is 31.6. The van der Waals surface area contributed by atoms with E-state index >= 15 is 0 Å². The molecule has 0 amide bonds. The van der Waals surface area contributed by atoms with Gasteiger partial charge in [-0.3, -0.25) is 0 Å². The number of benzene rings is 7. The summed E-state index contributed by atoms with van der Waals surface area (Å²) in [5.74, 6) is 1.54. The third-order valence-electron chi connectivity index (χ3n) is 13.9. The number of hydrogen-bond acceptors (Lipinski definition) is 2. The van der Waals surface area contributed by atoms with E-state index in [1.807, 2.05) is 11.3 Å². The van der Waals surface area contributed by atoms with Gasteiger partial charge in [0.15, 0.2) is 0 Å². The van der Waals surface area contributed by atoms with Crippen LogP contribution >= 0.6 is 11.3 Å². The average molecular weight is 712 g/mol. The first-order chi connectivity index (χ1) is 26.5. The van der Waals surface area contributed by atoms with Crippen molar-refractivity contribution >= 4 is 48.6 Å². The lowest BCUT2D eigenvalue weighted by Crippen LogP contribution is -2.32. The molecule has 0 radical (unpaired) electrons. The number of rotatable bonds is 4. The zero-order valence-electron chi connectivity index (χ0n) is 30.8. The third-order valence-corrected chi connectivity index (χ3v) is 15.1.